The maximum absolute atomic E-state index is 11.7. The van der Waals surface area contributed by atoms with Crippen LogP contribution in [0.4, 0.5) is 0 Å². The zero-order valence-electron chi connectivity index (χ0n) is 8.63. The van der Waals surface area contributed by atoms with Crippen LogP contribution in [0.15, 0.2) is 11.1 Å². The maximum atomic E-state index is 11.7. The van der Waals surface area contributed by atoms with Gasteiger partial charge >= 0.3 is 0 Å². The monoisotopic (exact) mass is 179 g/mol. The van der Waals surface area contributed by atoms with Crippen LogP contribution >= 0.6 is 0 Å². The summed E-state index contributed by atoms with van der Waals surface area (Å²) in [6.45, 7) is 5.33. The van der Waals surface area contributed by atoms with Gasteiger partial charge in [0.15, 0.2) is 0 Å². The van der Waals surface area contributed by atoms with Gasteiger partial charge in [-0.1, -0.05) is 11.1 Å². The summed E-state index contributed by atoms with van der Waals surface area (Å²) < 4.78 is 0. The zero-order chi connectivity index (χ0) is 9.59. The molecule has 2 atom stereocenters. The van der Waals surface area contributed by atoms with Crippen molar-refractivity contribution in [1.29, 1.82) is 0 Å². The Morgan fingerprint density at radius 2 is 1.85 bits per heavy atom. The molecule has 1 saturated heterocycles. The summed E-state index contributed by atoms with van der Waals surface area (Å²) in [5, 5.41) is 0. The fourth-order valence-corrected chi connectivity index (χ4v) is 2.59. The fraction of sp³-hybridized carbons (Fsp3) is 0.727. The minimum absolute atomic E-state index is 0.300. The number of allylic oxidation sites excluding steroid dienone is 2. The Morgan fingerprint density at radius 1 is 1.23 bits per heavy atom. The summed E-state index contributed by atoms with van der Waals surface area (Å²) in [6, 6.07) is 0. The van der Waals surface area contributed by atoms with Gasteiger partial charge in [-0.05, 0) is 32.6 Å². The third-order valence-corrected chi connectivity index (χ3v) is 3.59. The molecule has 13 heavy (non-hydrogen) atoms. The topological polar surface area (TPSA) is 20.3 Å². The first-order chi connectivity index (χ1) is 6.09. The summed E-state index contributed by atoms with van der Waals surface area (Å²) in [4.78, 5) is 13.6. The zero-order valence-corrected chi connectivity index (χ0v) is 8.63. The Kier molecular flexibility index (Phi) is 1.94. The number of carbonyl (C=O) groups is 1. The van der Waals surface area contributed by atoms with Crippen molar-refractivity contribution in [3.8, 4) is 0 Å². The van der Waals surface area contributed by atoms with Gasteiger partial charge in [-0.2, -0.15) is 0 Å². The second-order valence-electron chi connectivity index (χ2n) is 4.55. The molecule has 0 saturated carbocycles. The summed E-state index contributed by atoms with van der Waals surface area (Å²) in [5.74, 6) is 1.26. The van der Waals surface area contributed by atoms with E-state index in [0.29, 0.717) is 17.7 Å². The molecule has 1 fully saturated rings. The van der Waals surface area contributed by atoms with E-state index in [1.54, 1.807) is 0 Å². The van der Waals surface area contributed by atoms with Gasteiger partial charge in [0.1, 0.15) is 0 Å². The molecule has 0 N–H and O–H groups in total. The van der Waals surface area contributed by atoms with Crippen molar-refractivity contribution >= 4 is 5.91 Å². The summed E-state index contributed by atoms with van der Waals surface area (Å²) in [5.41, 5.74) is 2.94. The molecule has 1 amide bonds. The van der Waals surface area contributed by atoms with Crippen LogP contribution in [0.25, 0.3) is 0 Å². The first-order valence-electron chi connectivity index (χ1n) is 5.00. The second kappa shape index (κ2) is 2.86. The highest BCUT2D eigenvalue weighted by Crippen LogP contribution is 2.38. The van der Waals surface area contributed by atoms with E-state index < -0.39 is 0 Å². The Labute approximate surface area is 79.6 Å². The van der Waals surface area contributed by atoms with Gasteiger partial charge in [0.25, 0.3) is 0 Å². The highest BCUT2D eigenvalue weighted by atomic mass is 16.2. The standard InChI is InChI=1S/C11H17NO/c1-7-4-9-6-12(3)11(13)10(9)5-8(7)2/h9-10H,4-6H2,1-3H3. The van der Waals surface area contributed by atoms with E-state index in [-0.39, 0.29) is 0 Å². The van der Waals surface area contributed by atoms with Crippen LogP contribution in [-0.4, -0.2) is 24.4 Å². The number of hydrogen-bond acceptors (Lipinski definition) is 1. The Bertz CT molecular complexity index is 280. The molecular formula is C11H17NO. The van der Waals surface area contributed by atoms with Gasteiger partial charge < -0.3 is 4.90 Å². The molecular weight excluding hydrogens is 162 g/mol. The van der Waals surface area contributed by atoms with Gasteiger partial charge in [0.05, 0.1) is 0 Å². The van der Waals surface area contributed by atoms with E-state index in [2.05, 4.69) is 13.8 Å². The van der Waals surface area contributed by atoms with Crippen molar-refractivity contribution < 1.29 is 4.79 Å². The average Bonchev–Trinajstić information content (AvgIpc) is 2.32. The molecule has 1 aliphatic heterocycles. The Balaban J connectivity index is 2.22. The minimum atomic E-state index is 0.300. The number of nitrogens with zero attached hydrogens (tertiary/aromatic N) is 1. The van der Waals surface area contributed by atoms with E-state index in [9.17, 15) is 4.79 Å². The van der Waals surface area contributed by atoms with Crippen LogP contribution in [0.1, 0.15) is 26.7 Å². The largest absolute Gasteiger partial charge is 0.345 e. The first-order valence-corrected chi connectivity index (χ1v) is 5.00. The van der Waals surface area contributed by atoms with Gasteiger partial charge in [-0.25, -0.2) is 0 Å². The molecule has 0 radical (unpaired) electrons. The maximum Gasteiger partial charge on any atom is 0.226 e. The number of rotatable bonds is 0. The van der Waals surface area contributed by atoms with E-state index in [0.717, 1.165) is 19.4 Å². The van der Waals surface area contributed by atoms with Crippen LogP contribution in [0.5, 0.6) is 0 Å². The van der Waals surface area contributed by atoms with Gasteiger partial charge in [0, 0.05) is 19.5 Å². The lowest BCUT2D eigenvalue weighted by atomic mass is 9.78. The second-order valence-corrected chi connectivity index (χ2v) is 4.55. The lowest BCUT2D eigenvalue weighted by molar-refractivity contribution is -0.130. The lowest BCUT2D eigenvalue weighted by Crippen LogP contribution is -2.24. The lowest BCUT2D eigenvalue weighted by Gasteiger charge is -2.24. The van der Waals surface area contributed by atoms with E-state index in [1.165, 1.54) is 11.1 Å². The summed E-state index contributed by atoms with van der Waals surface area (Å²) in [7, 11) is 1.92. The molecule has 2 unspecified atom stereocenters. The molecule has 1 aliphatic carbocycles. The normalized spacial score (nSPS) is 34.1. The predicted octanol–water partition coefficient (Wildman–Crippen LogP) is 1.82. The predicted molar refractivity (Wildman–Crippen MR) is 52.2 cm³/mol. The van der Waals surface area contributed by atoms with Gasteiger partial charge in [-0.15, -0.1) is 0 Å². The Hall–Kier alpha value is -0.790. The summed E-state index contributed by atoms with van der Waals surface area (Å²) >= 11 is 0. The fourth-order valence-electron chi connectivity index (χ4n) is 2.59. The van der Waals surface area contributed by atoms with Crippen LogP contribution in [0.3, 0.4) is 0 Å². The quantitative estimate of drug-likeness (QED) is 0.519. The number of amides is 1. The van der Waals surface area contributed by atoms with Crippen molar-refractivity contribution in [2.24, 2.45) is 11.8 Å². The van der Waals surface area contributed by atoms with Crippen LogP contribution in [0, 0.1) is 11.8 Å². The summed E-state index contributed by atoms with van der Waals surface area (Å²) in [6.07, 6.45) is 2.13. The van der Waals surface area contributed by atoms with Crippen LogP contribution in [-0.2, 0) is 4.79 Å². The first kappa shape index (κ1) is 8.79. The highest BCUT2D eigenvalue weighted by Gasteiger charge is 2.40. The molecule has 2 rings (SSSR count). The van der Waals surface area contributed by atoms with Crippen molar-refractivity contribution in [2.45, 2.75) is 26.7 Å². The highest BCUT2D eigenvalue weighted by molar-refractivity contribution is 5.81. The van der Waals surface area contributed by atoms with Gasteiger partial charge in [-0.3, -0.25) is 4.79 Å². The molecule has 1 heterocycles. The Morgan fingerprint density at radius 3 is 2.54 bits per heavy atom. The molecule has 0 bridgehead atoms. The van der Waals surface area contributed by atoms with E-state index in [1.807, 2.05) is 11.9 Å². The molecule has 72 valence electrons. The minimum Gasteiger partial charge on any atom is -0.345 e. The average molecular weight is 179 g/mol. The number of hydrogen-bond donors (Lipinski definition) is 0. The van der Waals surface area contributed by atoms with Crippen molar-refractivity contribution in [3.05, 3.63) is 11.1 Å². The third kappa shape index (κ3) is 1.28. The third-order valence-electron chi connectivity index (χ3n) is 3.59. The molecule has 0 spiro atoms. The SMILES string of the molecule is CC1=C(C)CC2C(=O)N(C)CC2C1. The van der Waals surface area contributed by atoms with Gasteiger partial charge in [0.2, 0.25) is 5.91 Å². The number of fused-ring (bicyclic) bond motifs is 1. The molecule has 0 aromatic carbocycles. The molecule has 2 aliphatic rings. The van der Waals surface area contributed by atoms with Crippen LogP contribution < -0.4 is 0 Å². The van der Waals surface area contributed by atoms with Crippen molar-refractivity contribution in [1.82, 2.24) is 4.90 Å². The van der Waals surface area contributed by atoms with E-state index >= 15 is 0 Å². The van der Waals surface area contributed by atoms with Crippen molar-refractivity contribution in [2.75, 3.05) is 13.6 Å². The molecule has 2 heteroatoms. The smallest absolute Gasteiger partial charge is 0.226 e. The van der Waals surface area contributed by atoms with E-state index in [4.69, 9.17) is 0 Å². The van der Waals surface area contributed by atoms with Crippen molar-refractivity contribution in [3.63, 3.8) is 0 Å². The molecule has 2 nitrogen and oxygen atoms in total. The van der Waals surface area contributed by atoms with Crippen LogP contribution in [0.2, 0.25) is 0 Å². The molecule has 0 aromatic rings. The number of carbonyl (C=O) groups excluding carboxylic acids is 1. The molecule has 0 aromatic heterocycles. The number of likely N-dealkylation sites (tertiary alicyclic amines) is 1.